The first kappa shape index (κ1) is 25.7. The van der Waals surface area contributed by atoms with Crippen molar-refractivity contribution in [1.29, 1.82) is 0 Å². The molecule has 1 fully saturated rings. The van der Waals surface area contributed by atoms with E-state index >= 15 is 0 Å². The highest BCUT2D eigenvalue weighted by Crippen LogP contribution is 2.30. The van der Waals surface area contributed by atoms with E-state index in [2.05, 4.69) is 10.3 Å². The summed E-state index contributed by atoms with van der Waals surface area (Å²) in [7, 11) is 0. The van der Waals surface area contributed by atoms with Crippen molar-refractivity contribution in [3.63, 3.8) is 0 Å². The van der Waals surface area contributed by atoms with E-state index in [1.165, 1.54) is 6.07 Å². The van der Waals surface area contributed by atoms with Gasteiger partial charge in [-0.05, 0) is 66.8 Å². The number of pyridine rings is 1. The molecule has 0 aliphatic carbocycles. The van der Waals surface area contributed by atoms with Crippen molar-refractivity contribution >= 4 is 35.1 Å². The van der Waals surface area contributed by atoms with Gasteiger partial charge in [0.15, 0.2) is 5.69 Å². The lowest BCUT2D eigenvalue weighted by atomic mass is 9.84. The second kappa shape index (κ2) is 11.6. The van der Waals surface area contributed by atoms with Gasteiger partial charge in [0.1, 0.15) is 5.75 Å². The summed E-state index contributed by atoms with van der Waals surface area (Å²) in [6.45, 7) is 2.14. The van der Waals surface area contributed by atoms with Crippen LogP contribution in [0.25, 0.3) is 0 Å². The highest BCUT2D eigenvalue weighted by atomic mass is 35.5. The first-order valence-corrected chi connectivity index (χ1v) is 12.8. The van der Waals surface area contributed by atoms with Gasteiger partial charge in [0, 0.05) is 30.0 Å². The minimum absolute atomic E-state index is 0.0497. The number of carboxylic acid groups (broad SMARTS) is 1. The molecular weight excluding hydrogens is 508 g/mol. The Morgan fingerprint density at radius 3 is 2.53 bits per heavy atom. The molecule has 0 radical (unpaired) electrons. The Balaban J connectivity index is 1.33. The van der Waals surface area contributed by atoms with E-state index in [-0.39, 0.29) is 29.3 Å². The number of amides is 1. The minimum atomic E-state index is -1.12. The van der Waals surface area contributed by atoms with Crippen LogP contribution in [0.3, 0.4) is 0 Å². The Morgan fingerprint density at radius 2 is 1.82 bits per heavy atom. The molecule has 3 aromatic rings. The van der Waals surface area contributed by atoms with Gasteiger partial charge in [-0.15, -0.1) is 0 Å². The number of halogens is 1. The highest BCUT2D eigenvalue weighted by Gasteiger charge is 2.37. The second-order valence-corrected chi connectivity index (χ2v) is 9.63. The Labute approximate surface area is 225 Å². The highest BCUT2D eigenvalue weighted by molar-refractivity contribution is 6.30. The van der Waals surface area contributed by atoms with Crippen LogP contribution in [0.15, 0.2) is 71.7 Å². The summed E-state index contributed by atoms with van der Waals surface area (Å²) >= 11 is 6.06. The summed E-state index contributed by atoms with van der Waals surface area (Å²) in [5.41, 5.74) is 1.58. The van der Waals surface area contributed by atoms with Crippen molar-refractivity contribution in [3.8, 4) is 11.6 Å². The van der Waals surface area contributed by atoms with Crippen LogP contribution in [0, 0.1) is 11.8 Å². The van der Waals surface area contributed by atoms with Gasteiger partial charge in [-0.25, -0.2) is 9.78 Å². The molecule has 1 atom stereocenters. The van der Waals surface area contributed by atoms with E-state index in [9.17, 15) is 9.59 Å². The van der Waals surface area contributed by atoms with Crippen molar-refractivity contribution in [2.24, 2.45) is 16.8 Å². The van der Waals surface area contributed by atoms with E-state index in [1.807, 2.05) is 24.3 Å². The Bertz CT molecular complexity index is 1320. The number of guanidine groups is 1. The molecule has 2 N–H and O–H groups in total. The van der Waals surface area contributed by atoms with Gasteiger partial charge in [0.2, 0.25) is 17.7 Å². The molecule has 3 heterocycles. The van der Waals surface area contributed by atoms with Crippen molar-refractivity contribution in [2.75, 3.05) is 25.1 Å². The SMILES string of the molecule is O=C(O)c1cccc(Oc2ccc(NC3=NCC(C4CCOCC4)C(=O)N3Cc3ccc(Cl)cc3)cc2)n1. The Morgan fingerprint density at radius 1 is 1.08 bits per heavy atom. The monoisotopic (exact) mass is 534 g/mol. The third kappa shape index (κ3) is 6.12. The normalized spacial score (nSPS) is 18.1. The van der Waals surface area contributed by atoms with Crippen molar-refractivity contribution < 1.29 is 24.2 Å². The zero-order valence-electron chi connectivity index (χ0n) is 20.5. The van der Waals surface area contributed by atoms with Crippen LogP contribution in [0.2, 0.25) is 5.02 Å². The molecule has 196 valence electrons. The fraction of sp³-hybridized carbons (Fsp3) is 0.286. The summed E-state index contributed by atoms with van der Waals surface area (Å²) in [4.78, 5) is 35.3. The van der Waals surface area contributed by atoms with Gasteiger partial charge in [-0.3, -0.25) is 14.7 Å². The van der Waals surface area contributed by atoms with Crippen LogP contribution in [0.1, 0.15) is 28.9 Å². The van der Waals surface area contributed by atoms with Crippen LogP contribution < -0.4 is 10.1 Å². The topological polar surface area (TPSA) is 113 Å². The zero-order chi connectivity index (χ0) is 26.5. The van der Waals surface area contributed by atoms with E-state index in [1.54, 1.807) is 41.3 Å². The van der Waals surface area contributed by atoms with E-state index in [0.29, 0.717) is 43.0 Å². The maximum atomic E-state index is 13.7. The number of hydrogen-bond donors (Lipinski definition) is 2. The molecule has 1 aromatic heterocycles. The number of carboxylic acids is 1. The summed E-state index contributed by atoms with van der Waals surface area (Å²) < 4.78 is 11.2. The number of aliphatic imine (C=N–C) groups is 1. The number of carbonyl (C=O) groups excluding carboxylic acids is 1. The number of benzene rings is 2. The lowest BCUT2D eigenvalue weighted by Crippen LogP contribution is -2.50. The zero-order valence-corrected chi connectivity index (χ0v) is 21.3. The van der Waals surface area contributed by atoms with Crippen LogP contribution in [0.5, 0.6) is 11.6 Å². The van der Waals surface area contributed by atoms with Crippen LogP contribution >= 0.6 is 11.6 Å². The molecule has 0 spiro atoms. The quantitative estimate of drug-likeness (QED) is 0.434. The number of aromatic carboxylic acids is 1. The Kier molecular flexibility index (Phi) is 7.86. The average molecular weight is 535 g/mol. The predicted octanol–water partition coefficient (Wildman–Crippen LogP) is 5.08. The number of hydrogen-bond acceptors (Lipinski definition) is 7. The van der Waals surface area contributed by atoms with Gasteiger partial charge < -0.3 is 19.9 Å². The van der Waals surface area contributed by atoms with Crippen molar-refractivity contribution in [3.05, 3.63) is 83.0 Å². The van der Waals surface area contributed by atoms with Crippen molar-refractivity contribution in [1.82, 2.24) is 9.88 Å². The van der Waals surface area contributed by atoms with E-state index in [0.717, 1.165) is 24.1 Å². The first-order valence-electron chi connectivity index (χ1n) is 12.4. The van der Waals surface area contributed by atoms with Gasteiger partial charge in [0.05, 0.1) is 19.0 Å². The molecule has 1 unspecified atom stereocenters. The summed E-state index contributed by atoms with van der Waals surface area (Å²) in [5, 5.41) is 13.1. The Hall–Kier alpha value is -3.95. The lowest BCUT2D eigenvalue weighted by Gasteiger charge is -2.37. The maximum absolute atomic E-state index is 13.7. The standard InChI is InChI=1S/C28H27ClN4O5/c29-20-6-4-18(5-7-20)17-33-26(34)23(19-12-14-37-15-13-19)16-30-28(33)31-21-8-10-22(11-9-21)38-25-3-1-2-24(32-25)27(35)36/h1-11,19,23H,12-17H2,(H,30,31)(H,35,36). The number of nitrogens with one attached hydrogen (secondary N) is 1. The molecule has 2 aliphatic heterocycles. The van der Waals surface area contributed by atoms with Gasteiger partial charge >= 0.3 is 5.97 Å². The number of anilines is 1. The largest absolute Gasteiger partial charge is 0.477 e. The molecule has 1 saturated heterocycles. The molecule has 10 heteroatoms. The summed E-state index contributed by atoms with van der Waals surface area (Å²) in [6, 6.07) is 19.1. The summed E-state index contributed by atoms with van der Waals surface area (Å²) in [6.07, 6.45) is 1.71. The van der Waals surface area contributed by atoms with Crippen molar-refractivity contribution in [2.45, 2.75) is 19.4 Å². The molecule has 0 bridgehead atoms. The number of rotatable bonds is 7. The van der Waals surface area contributed by atoms with Crippen LogP contribution in [0.4, 0.5) is 5.69 Å². The molecule has 38 heavy (non-hydrogen) atoms. The lowest BCUT2D eigenvalue weighted by molar-refractivity contribution is -0.135. The average Bonchev–Trinajstić information content (AvgIpc) is 2.93. The van der Waals surface area contributed by atoms with Crippen LogP contribution in [-0.2, 0) is 16.1 Å². The fourth-order valence-corrected chi connectivity index (χ4v) is 4.73. The van der Waals surface area contributed by atoms with Gasteiger partial charge in [-0.1, -0.05) is 29.8 Å². The molecule has 9 nitrogen and oxygen atoms in total. The van der Waals surface area contributed by atoms with E-state index in [4.69, 9.17) is 31.2 Å². The fourth-order valence-electron chi connectivity index (χ4n) is 4.60. The van der Waals surface area contributed by atoms with Gasteiger partial charge in [0.25, 0.3) is 0 Å². The molecule has 1 amide bonds. The number of carbonyl (C=O) groups is 2. The third-order valence-electron chi connectivity index (χ3n) is 6.64. The number of ether oxygens (including phenoxy) is 2. The predicted molar refractivity (Wildman–Crippen MR) is 143 cm³/mol. The van der Waals surface area contributed by atoms with Gasteiger partial charge in [-0.2, -0.15) is 0 Å². The maximum Gasteiger partial charge on any atom is 0.354 e. The smallest absolute Gasteiger partial charge is 0.354 e. The molecular formula is C28H27ClN4O5. The molecule has 5 rings (SSSR count). The molecule has 0 saturated carbocycles. The molecule has 2 aromatic carbocycles. The minimum Gasteiger partial charge on any atom is -0.477 e. The first-order chi connectivity index (χ1) is 18.5. The van der Waals surface area contributed by atoms with Crippen LogP contribution in [-0.4, -0.2) is 52.6 Å². The summed E-state index contributed by atoms with van der Waals surface area (Å²) in [5.74, 6) is 0.151. The number of nitrogens with zero attached hydrogens (tertiary/aromatic N) is 3. The number of aromatic nitrogens is 1. The van der Waals surface area contributed by atoms with E-state index < -0.39 is 5.97 Å². The third-order valence-corrected chi connectivity index (χ3v) is 6.89. The molecule has 2 aliphatic rings. The second-order valence-electron chi connectivity index (χ2n) is 9.19.